The maximum atomic E-state index is 13.3. The van der Waals surface area contributed by atoms with Gasteiger partial charge < -0.3 is 16.2 Å². The molecule has 98 valence electrons. The van der Waals surface area contributed by atoms with E-state index >= 15 is 0 Å². The molecule has 0 aliphatic carbocycles. The molecule has 0 aliphatic rings. The first-order valence-corrected chi connectivity index (χ1v) is 5.64. The van der Waals surface area contributed by atoms with Crippen molar-refractivity contribution in [1.29, 1.82) is 0 Å². The summed E-state index contributed by atoms with van der Waals surface area (Å²) in [6.45, 7) is 1.72. The zero-order valence-corrected chi connectivity index (χ0v) is 10.3. The third kappa shape index (κ3) is 2.65. The topological polar surface area (TPSA) is 75.4 Å². The second kappa shape index (κ2) is 4.97. The largest absolute Gasteiger partial charge is 0.505 e. The Labute approximate surface area is 109 Å². The van der Waals surface area contributed by atoms with Crippen LogP contribution >= 0.6 is 0 Å². The number of nitrogen functional groups attached to an aromatic ring is 1. The number of nitrogens with one attached hydrogen (secondary N) is 1. The normalized spacial score (nSPS) is 10.2. The van der Waals surface area contributed by atoms with E-state index in [2.05, 4.69) is 5.32 Å². The molecule has 0 heterocycles. The van der Waals surface area contributed by atoms with Crippen molar-refractivity contribution in [2.75, 3.05) is 11.1 Å². The Bertz CT molecular complexity index is 641. The van der Waals surface area contributed by atoms with Gasteiger partial charge in [0.1, 0.15) is 11.6 Å². The zero-order chi connectivity index (χ0) is 14.0. The lowest BCUT2D eigenvalue weighted by Gasteiger charge is -2.09. The number of para-hydroxylation sites is 1. The predicted octanol–water partition coefficient (Wildman–Crippen LogP) is 2.67. The van der Waals surface area contributed by atoms with Crippen molar-refractivity contribution in [2.24, 2.45) is 0 Å². The van der Waals surface area contributed by atoms with E-state index in [1.54, 1.807) is 25.1 Å². The number of aromatic hydroxyl groups is 1. The minimum Gasteiger partial charge on any atom is -0.505 e. The van der Waals surface area contributed by atoms with Crippen LogP contribution in [0, 0.1) is 12.7 Å². The molecule has 4 nitrogen and oxygen atoms in total. The number of benzene rings is 2. The van der Waals surface area contributed by atoms with Crippen LogP contribution in [0.15, 0.2) is 36.4 Å². The average molecular weight is 260 g/mol. The predicted molar refractivity (Wildman–Crippen MR) is 71.6 cm³/mol. The molecular formula is C14H13FN2O2. The minimum absolute atomic E-state index is 0.00762. The van der Waals surface area contributed by atoms with Crippen LogP contribution in [0.5, 0.6) is 5.75 Å². The van der Waals surface area contributed by atoms with E-state index in [1.807, 2.05) is 0 Å². The summed E-state index contributed by atoms with van der Waals surface area (Å²) in [5.74, 6) is -1.17. The van der Waals surface area contributed by atoms with Gasteiger partial charge in [0, 0.05) is 5.56 Å². The van der Waals surface area contributed by atoms with E-state index in [-0.39, 0.29) is 22.7 Å². The first-order chi connectivity index (χ1) is 8.99. The highest BCUT2D eigenvalue weighted by molar-refractivity contribution is 6.05. The second-order valence-corrected chi connectivity index (χ2v) is 4.16. The number of hydrogen-bond donors (Lipinski definition) is 3. The van der Waals surface area contributed by atoms with Crippen LogP contribution < -0.4 is 11.1 Å². The van der Waals surface area contributed by atoms with Crippen molar-refractivity contribution >= 4 is 17.3 Å². The number of nitrogens with two attached hydrogens (primary N) is 1. The monoisotopic (exact) mass is 260 g/mol. The number of rotatable bonds is 2. The summed E-state index contributed by atoms with van der Waals surface area (Å²) >= 11 is 0. The van der Waals surface area contributed by atoms with Crippen LogP contribution in [0.3, 0.4) is 0 Å². The molecule has 2 rings (SSSR count). The second-order valence-electron chi connectivity index (χ2n) is 4.16. The van der Waals surface area contributed by atoms with Crippen molar-refractivity contribution in [3.05, 3.63) is 53.3 Å². The zero-order valence-electron chi connectivity index (χ0n) is 10.3. The highest BCUT2D eigenvalue weighted by atomic mass is 19.1. The van der Waals surface area contributed by atoms with E-state index < -0.39 is 11.7 Å². The summed E-state index contributed by atoms with van der Waals surface area (Å²) in [5.41, 5.74) is 6.37. The number of hydrogen-bond acceptors (Lipinski definition) is 3. The molecule has 0 atom stereocenters. The van der Waals surface area contributed by atoms with Crippen LogP contribution in [-0.4, -0.2) is 11.0 Å². The fraction of sp³-hybridized carbons (Fsp3) is 0.0714. The molecule has 2 aromatic rings. The summed E-state index contributed by atoms with van der Waals surface area (Å²) in [4.78, 5) is 11.9. The molecule has 0 spiro atoms. The Morgan fingerprint density at radius 3 is 2.74 bits per heavy atom. The molecule has 0 radical (unpaired) electrons. The fourth-order valence-electron chi connectivity index (χ4n) is 1.62. The molecule has 0 aromatic heterocycles. The smallest absolute Gasteiger partial charge is 0.255 e. The lowest BCUT2D eigenvalue weighted by Crippen LogP contribution is -2.12. The Hall–Kier alpha value is -2.56. The third-order valence-corrected chi connectivity index (χ3v) is 2.75. The molecule has 0 saturated carbocycles. The first kappa shape index (κ1) is 12.9. The molecule has 0 saturated heterocycles. The summed E-state index contributed by atoms with van der Waals surface area (Å²) in [5, 5.41) is 12.3. The van der Waals surface area contributed by atoms with Crippen LogP contribution in [0.25, 0.3) is 0 Å². The molecular weight excluding hydrogens is 247 g/mol. The first-order valence-electron chi connectivity index (χ1n) is 5.64. The van der Waals surface area contributed by atoms with Gasteiger partial charge in [0.25, 0.3) is 5.91 Å². The summed E-state index contributed by atoms with van der Waals surface area (Å²) in [7, 11) is 0. The standard InChI is InChI=1S/C14H13FN2O2/c1-8-3-2-4-12(13(8)18)17-14(19)9-5-6-11(16)10(15)7-9/h2-7,18H,16H2,1H3,(H,17,19). The number of phenolic OH excluding ortho intramolecular Hbond substituents is 1. The van der Waals surface area contributed by atoms with Gasteiger partial charge in [0.15, 0.2) is 0 Å². The van der Waals surface area contributed by atoms with E-state index in [4.69, 9.17) is 5.73 Å². The number of carbonyl (C=O) groups is 1. The van der Waals surface area contributed by atoms with Gasteiger partial charge in [-0.3, -0.25) is 4.79 Å². The minimum atomic E-state index is -0.652. The molecule has 5 heteroatoms. The van der Waals surface area contributed by atoms with Gasteiger partial charge in [-0.15, -0.1) is 0 Å². The quantitative estimate of drug-likeness (QED) is 0.574. The van der Waals surface area contributed by atoms with E-state index in [0.717, 1.165) is 6.07 Å². The Morgan fingerprint density at radius 2 is 2.05 bits per heavy atom. The number of amides is 1. The molecule has 0 unspecified atom stereocenters. The highest BCUT2D eigenvalue weighted by Gasteiger charge is 2.11. The van der Waals surface area contributed by atoms with Crippen LogP contribution in [0.4, 0.5) is 15.8 Å². The molecule has 1 amide bonds. The van der Waals surface area contributed by atoms with Crippen LogP contribution in [0.2, 0.25) is 0 Å². The number of halogens is 1. The molecule has 0 aliphatic heterocycles. The maximum Gasteiger partial charge on any atom is 0.255 e. The number of anilines is 2. The summed E-state index contributed by atoms with van der Waals surface area (Å²) < 4.78 is 13.3. The number of phenols is 1. The van der Waals surface area contributed by atoms with Gasteiger partial charge in [-0.2, -0.15) is 0 Å². The molecule has 2 aromatic carbocycles. The molecule has 0 fully saturated rings. The van der Waals surface area contributed by atoms with Crippen molar-refractivity contribution < 1.29 is 14.3 Å². The van der Waals surface area contributed by atoms with E-state index in [9.17, 15) is 14.3 Å². The summed E-state index contributed by atoms with van der Waals surface area (Å²) in [6, 6.07) is 8.77. The molecule has 0 bridgehead atoms. The lowest BCUT2D eigenvalue weighted by molar-refractivity contribution is 0.102. The van der Waals surface area contributed by atoms with Crippen LogP contribution in [0.1, 0.15) is 15.9 Å². The number of carbonyl (C=O) groups excluding carboxylic acids is 1. The summed E-state index contributed by atoms with van der Waals surface area (Å²) in [6.07, 6.45) is 0. The van der Waals surface area contributed by atoms with Gasteiger partial charge in [-0.1, -0.05) is 12.1 Å². The SMILES string of the molecule is Cc1cccc(NC(=O)c2ccc(N)c(F)c2)c1O. The average Bonchev–Trinajstić information content (AvgIpc) is 2.38. The van der Waals surface area contributed by atoms with Crippen molar-refractivity contribution in [3.8, 4) is 5.75 Å². The maximum absolute atomic E-state index is 13.3. The van der Waals surface area contributed by atoms with Gasteiger partial charge >= 0.3 is 0 Å². The van der Waals surface area contributed by atoms with Crippen molar-refractivity contribution in [3.63, 3.8) is 0 Å². The Balaban J connectivity index is 2.26. The van der Waals surface area contributed by atoms with Crippen LogP contribution in [-0.2, 0) is 0 Å². The van der Waals surface area contributed by atoms with Gasteiger partial charge in [-0.25, -0.2) is 4.39 Å². The number of aryl methyl sites for hydroxylation is 1. The third-order valence-electron chi connectivity index (χ3n) is 2.75. The van der Waals surface area contributed by atoms with E-state index in [1.165, 1.54) is 12.1 Å². The Kier molecular flexibility index (Phi) is 3.37. The van der Waals surface area contributed by atoms with Gasteiger partial charge in [0.2, 0.25) is 0 Å². The van der Waals surface area contributed by atoms with Crippen molar-refractivity contribution in [2.45, 2.75) is 6.92 Å². The molecule has 4 N–H and O–H groups in total. The van der Waals surface area contributed by atoms with Gasteiger partial charge in [-0.05, 0) is 36.8 Å². The van der Waals surface area contributed by atoms with E-state index in [0.29, 0.717) is 5.56 Å². The van der Waals surface area contributed by atoms with Crippen molar-refractivity contribution in [1.82, 2.24) is 0 Å². The molecule has 19 heavy (non-hydrogen) atoms. The Morgan fingerprint density at radius 1 is 1.32 bits per heavy atom. The lowest BCUT2D eigenvalue weighted by atomic mass is 10.1. The highest BCUT2D eigenvalue weighted by Crippen LogP contribution is 2.27. The fourth-order valence-corrected chi connectivity index (χ4v) is 1.62. The van der Waals surface area contributed by atoms with Gasteiger partial charge in [0.05, 0.1) is 11.4 Å².